The molecule has 0 spiro atoms. The molecule has 134 valence electrons. The molecule has 7 heteroatoms. The summed E-state index contributed by atoms with van der Waals surface area (Å²) in [6.45, 7) is 6.25. The fraction of sp³-hybridized carbons (Fsp3) is 0.500. The van der Waals surface area contributed by atoms with Crippen molar-refractivity contribution in [3.8, 4) is 0 Å². The van der Waals surface area contributed by atoms with E-state index in [1.165, 1.54) is 0 Å². The zero-order valence-corrected chi connectivity index (χ0v) is 14.9. The first-order valence-corrected chi connectivity index (χ1v) is 8.76. The first-order chi connectivity index (χ1) is 12.0. The summed E-state index contributed by atoms with van der Waals surface area (Å²) in [5.74, 6) is 0.531. The topological polar surface area (TPSA) is 88.0 Å². The van der Waals surface area contributed by atoms with Gasteiger partial charge < -0.3 is 9.88 Å². The molecule has 1 aromatic heterocycles. The maximum absolute atomic E-state index is 11.9. The summed E-state index contributed by atoms with van der Waals surface area (Å²) in [4.78, 5) is 28.2. The molecule has 0 saturated heterocycles. The minimum atomic E-state index is -0.420. The summed E-state index contributed by atoms with van der Waals surface area (Å²) in [6, 6.07) is 7.94. The Morgan fingerprint density at radius 2 is 1.96 bits per heavy atom. The van der Waals surface area contributed by atoms with Gasteiger partial charge in [0.05, 0.1) is 23.6 Å². The maximum atomic E-state index is 11.9. The van der Waals surface area contributed by atoms with Crippen LogP contribution in [-0.4, -0.2) is 34.1 Å². The summed E-state index contributed by atoms with van der Waals surface area (Å²) in [7, 11) is 0. The van der Waals surface area contributed by atoms with Crippen molar-refractivity contribution in [3.05, 3.63) is 30.1 Å². The number of amides is 3. The molecular formula is C18H25N5O2. The lowest BCUT2D eigenvalue weighted by Gasteiger charge is -2.18. The number of para-hydroxylation sites is 2. The van der Waals surface area contributed by atoms with Crippen molar-refractivity contribution in [3.63, 3.8) is 0 Å². The van der Waals surface area contributed by atoms with Crippen molar-refractivity contribution >= 4 is 23.0 Å². The van der Waals surface area contributed by atoms with Crippen LogP contribution in [0.5, 0.6) is 0 Å². The lowest BCUT2D eigenvalue weighted by atomic mass is 10.2. The van der Waals surface area contributed by atoms with E-state index in [0.29, 0.717) is 0 Å². The Morgan fingerprint density at radius 1 is 1.24 bits per heavy atom. The quantitative estimate of drug-likeness (QED) is 0.751. The Balaban J connectivity index is 1.63. The monoisotopic (exact) mass is 343 g/mol. The standard InChI is InChI=1S/C18H25N5O2/c1-11(2)23-15-7-5-4-6-14(15)21-17(23)12(3)19-10-16(24)22-18(25)20-13-8-9-13/h4-7,11-13,19H,8-10H2,1-3H3,(H2,20,22,24,25)/t12-/m1/s1. The van der Waals surface area contributed by atoms with Gasteiger partial charge in [0.15, 0.2) is 0 Å². The number of hydrogen-bond donors (Lipinski definition) is 3. The third-order valence-corrected chi connectivity index (χ3v) is 4.26. The number of carbonyl (C=O) groups is 2. The molecule has 7 nitrogen and oxygen atoms in total. The number of rotatable bonds is 6. The molecule has 1 aliphatic carbocycles. The van der Waals surface area contributed by atoms with Gasteiger partial charge in [-0.05, 0) is 45.7 Å². The Labute approximate surface area is 147 Å². The number of nitrogens with one attached hydrogen (secondary N) is 3. The molecule has 25 heavy (non-hydrogen) atoms. The van der Waals surface area contributed by atoms with Crippen molar-refractivity contribution < 1.29 is 9.59 Å². The second-order valence-electron chi connectivity index (χ2n) is 6.82. The van der Waals surface area contributed by atoms with Gasteiger partial charge in [-0.3, -0.25) is 15.4 Å². The van der Waals surface area contributed by atoms with Crippen molar-refractivity contribution in [2.75, 3.05) is 6.54 Å². The fourth-order valence-corrected chi connectivity index (χ4v) is 2.87. The van der Waals surface area contributed by atoms with Crippen LogP contribution in [-0.2, 0) is 4.79 Å². The van der Waals surface area contributed by atoms with Crippen LogP contribution >= 0.6 is 0 Å². The number of carbonyl (C=O) groups excluding carboxylic acids is 2. The number of imidazole rings is 1. The second-order valence-corrected chi connectivity index (χ2v) is 6.82. The van der Waals surface area contributed by atoms with Gasteiger partial charge in [-0.15, -0.1) is 0 Å². The van der Waals surface area contributed by atoms with Crippen molar-refractivity contribution in [2.24, 2.45) is 0 Å². The fourth-order valence-electron chi connectivity index (χ4n) is 2.87. The highest BCUT2D eigenvalue weighted by Crippen LogP contribution is 2.24. The van der Waals surface area contributed by atoms with Gasteiger partial charge in [0.25, 0.3) is 0 Å². The Hall–Kier alpha value is -2.41. The van der Waals surface area contributed by atoms with Crippen LogP contribution in [0.15, 0.2) is 24.3 Å². The van der Waals surface area contributed by atoms with Crippen LogP contribution < -0.4 is 16.0 Å². The van der Waals surface area contributed by atoms with Crippen molar-refractivity contribution in [1.82, 2.24) is 25.5 Å². The molecule has 1 atom stereocenters. The minimum absolute atomic E-state index is 0.0561. The van der Waals surface area contributed by atoms with E-state index in [1.807, 2.05) is 31.2 Å². The van der Waals surface area contributed by atoms with E-state index in [4.69, 9.17) is 4.98 Å². The van der Waals surface area contributed by atoms with Gasteiger partial charge in [0, 0.05) is 12.1 Å². The van der Waals surface area contributed by atoms with E-state index in [0.717, 1.165) is 29.7 Å². The summed E-state index contributed by atoms with van der Waals surface area (Å²) in [5.41, 5.74) is 2.02. The number of fused-ring (bicyclic) bond motifs is 1. The number of nitrogens with zero attached hydrogens (tertiary/aromatic N) is 2. The minimum Gasteiger partial charge on any atom is -0.335 e. The lowest BCUT2D eigenvalue weighted by molar-refractivity contribution is -0.119. The number of aromatic nitrogens is 2. The third kappa shape index (κ3) is 4.17. The second kappa shape index (κ2) is 7.23. The summed E-state index contributed by atoms with van der Waals surface area (Å²) in [5, 5.41) is 8.23. The molecule has 3 amide bonds. The Kier molecular flexibility index (Phi) is 5.03. The Morgan fingerprint density at radius 3 is 2.64 bits per heavy atom. The average Bonchev–Trinajstić information content (AvgIpc) is 3.27. The van der Waals surface area contributed by atoms with E-state index < -0.39 is 6.03 Å². The molecule has 0 unspecified atom stereocenters. The van der Waals surface area contributed by atoms with Gasteiger partial charge in [-0.2, -0.15) is 0 Å². The molecule has 1 heterocycles. The predicted molar refractivity (Wildman–Crippen MR) is 96.2 cm³/mol. The number of urea groups is 1. The molecule has 2 aromatic rings. The van der Waals surface area contributed by atoms with E-state index in [9.17, 15) is 9.59 Å². The summed E-state index contributed by atoms with van der Waals surface area (Å²) in [6.07, 6.45) is 1.98. The van der Waals surface area contributed by atoms with E-state index in [-0.39, 0.29) is 30.6 Å². The largest absolute Gasteiger partial charge is 0.335 e. The predicted octanol–water partition coefficient (Wildman–Crippen LogP) is 2.26. The smallest absolute Gasteiger partial charge is 0.321 e. The average molecular weight is 343 g/mol. The highest BCUT2D eigenvalue weighted by atomic mass is 16.2. The van der Waals surface area contributed by atoms with Gasteiger partial charge in [0.1, 0.15) is 5.82 Å². The van der Waals surface area contributed by atoms with Crippen LogP contribution in [0.4, 0.5) is 4.79 Å². The van der Waals surface area contributed by atoms with Gasteiger partial charge in [-0.1, -0.05) is 12.1 Å². The van der Waals surface area contributed by atoms with E-state index in [2.05, 4.69) is 34.4 Å². The van der Waals surface area contributed by atoms with Crippen LogP contribution in [0, 0.1) is 0 Å². The summed E-state index contributed by atoms with van der Waals surface area (Å²) >= 11 is 0. The molecule has 3 rings (SSSR count). The number of benzene rings is 1. The van der Waals surface area contributed by atoms with Crippen molar-refractivity contribution in [1.29, 1.82) is 0 Å². The molecule has 1 fully saturated rings. The van der Waals surface area contributed by atoms with Crippen LogP contribution in [0.1, 0.15) is 51.5 Å². The number of imide groups is 1. The first kappa shape index (κ1) is 17.4. The zero-order valence-electron chi connectivity index (χ0n) is 14.9. The van der Waals surface area contributed by atoms with Gasteiger partial charge in [-0.25, -0.2) is 9.78 Å². The molecule has 1 aromatic carbocycles. The number of hydrogen-bond acceptors (Lipinski definition) is 4. The molecule has 1 aliphatic rings. The van der Waals surface area contributed by atoms with Crippen LogP contribution in [0.3, 0.4) is 0 Å². The van der Waals surface area contributed by atoms with Crippen molar-refractivity contribution in [2.45, 2.75) is 51.7 Å². The molecule has 0 radical (unpaired) electrons. The third-order valence-electron chi connectivity index (χ3n) is 4.26. The highest BCUT2D eigenvalue weighted by molar-refractivity contribution is 5.95. The SMILES string of the molecule is CC(C)n1c([C@@H](C)NCC(=O)NC(=O)NC2CC2)nc2ccccc21. The molecule has 1 saturated carbocycles. The van der Waals surface area contributed by atoms with Crippen LogP contribution in [0.2, 0.25) is 0 Å². The zero-order chi connectivity index (χ0) is 18.0. The normalized spacial score (nSPS) is 15.4. The molecular weight excluding hydrogens is 318 g/mol. The van der Waals surface area contributed by atoms with Gasteiger partial charge in [0.2, 0.25) is 5.91 Å². The van der Waals surface area contributed by atoms with E-state index in [1.54, 1.807) is 0 Å². The molecule has 0 bridgehead atoms. The first-order valence-electron chi connectivity index (χ1n) is 8.76. The molecule has 3 N–H and O–H groups in total. The molecule has 0 aliphatic heterocycles. The van der Waals surface area contributed by atoms with Crippen LogP contribution in [0.25, 0.3) is 11.0 Å². The lowest BCUT2D eigenvalue weighted by Crippen LogP contribution is -2.44. The van der Waals surface area contributed by atoms with Gasteiger partial charge >= 0.3 is 6.03 Å². The highest BCUT2D eigenvalue weighted by Gasteiger charge is 2.24. The summed E-state index contributed by atoms with van der Waals surface area (Å²) < 4.78 is 2.17. The van der Waals surface area contributed by atoms with E-state index >= 15 is 0 Å². The Bertz CT molecular complexity index is 779. The maximum Gasteiger partial charge on any atom is 0.321 e.